The maximum atomic E-state index is 14.8. The molecular formula is C20H20ClFN6O2S2. The quantitative estimate of drug-likeness (QED) is 0.374. The number of nitrogens with zero attached hydrogens (tertiary/aromatic N) is 3. The van der Waals surface area contributed by atoms with Crippen molar-refractivity contribution in [2.24, 2.45) is 0 Å². The average molecular weight is 495 g/mol. The molecule has 0 bridgehead atoms. The summed E-state index contributed by atoms with van der Waals surface area (Å²) in [5.74, 6) is -0.969. The van der Waals surface area contributed by atoms with Crippen molar-refractivity contribution < 1.29 is 12.8 Å². The Kier molecular flexibility index (Phi) is 7.52. The zero-order valence-electron chi connectivity index (χ0n) is 17.2. The third kappa shape index (κ3) is 5.46. The van der Waals surface area contributed by atoms with E-state index in [0.29, 0.717) is 30.2 Å². The molecule has 0 fully saturated rings. The van der Waals surface area contributed by atoms with E-state index in [-0.39, 0.29) is 15.8 Å². The fourth-order valence-corrected chi connectivity index (χ4v) is 4.98. The summed E-state index contributed by atoms with van der Waals surface area (Å²) in [6, 6.07) is 7.12. The molecule has 0 aliphatic rings. The second kappa shape index (κ2) is 10.1. The summed E-state index contributed by atoms with van der Waals surface area (Å²) in [4.78, 5) is 8.66. The van der Waals surface area contributed by atoms with Crippen molar-refractivity contribution in [3.8, 4) is 0 Å². The van der Waals surface area contributed by atoms with Gasteiger partial charge in [-0.1, -0.05) is 17.7 Å². The Balaban J connectivity index is 1.93. The van der Waals surface area contributed by atoms with Gasteiger partial charge in [0.05, 0.1) is 23.0 Å². The first-order chi connectivity index (χ1) is 15.2. The van der Waals surface area contributed by atoms with Gasteiger partial charge in [-0.15, -0.1) is 11.3 Å². The topological polar surface area (TPSA) is 90.7 Å². The largest absolute Gasteiger partial charge is 0.373 e. The molecule has 0 atom stereocenters. The molecule has 0 saturated heterocycles. The third-order valence-electron chi connectivity index (χ3n) is 4.45. The molecule has 0 amide bonds. The minimum Gasteiger partial charge on any atom is -0.373 e. The van der Waals surface area contributed by atoms with Crippen molar-refractivity contribution in [2.75, 3.05) is 42.1 Å². The molecule has 0 unspecified atom stereocenters. The Morgan fingerprint density at radius 3 is 2.72 bits per heavy atom. The SMILES string of the molecule is [C-]#[N+]c1ccc(Nc2cc(F)c(S(=O)(=O)Nc3nccs3)cc2Cl)c(N(C)CCNC)c1. The summed E-state index contributed by atoms with van der Waals surface area (Å²) in [7, 11) is -0.498. The van der Waals surface area contributed by atoms with E-state index < -0.39 is 20.7 Å². The lowest BCUT2D eigenvalue weighted by molar-refractivity contribution is 0.571. The van der Waals surface area contributed by atoms with Crippen LogP contribution in [-0.4, -0.2) is 40.6 Å². The Labute approximate surface area is 194 Å². The predicted molar refractivity (Wildman–Crippen MR) is 128 cm³/mol. The smallest absolute Gasteiger partial charge is 0.266 e. The lowest BCUT2D eigenvalue weighted by Crippen LogP contribution is -2.27. The van der Waals surface area contributed by atoms with E-state index in [1.165, 1.54) is 6.20 Å². The van der Waals surface area contributed by atoms with Crippen LogP contribution in [0.25, 0.3) is 4.85 Å². The van der Waals surface area contributed by atoms with Crippen molar-refractivity contribution >= 4 is 60.8 Å². The Bertz CT molecular complexity index is 1250. The first kappa shape index (κ1) is 23.7. The van der Waals surface area contributed by atoms with Crippen LogP contribution >= 0.6 is 22.9 Å². The molecule has 3 rings (SSSR count). The monoisotopic (exact) mass is 494 g/mol. The summed E-state index contributed by atoms with van der Waals surface area (Å²) in [5, 5.41) is 7.85. The highest BCUT2D eigenvalue weighted by molar-refractivity contribution is 7.93. The van der Waals surface area contributed by atoms with Gasteiger partial charge in [-0.25, -0.2) is 22.6 Å². The summed E-state index contributed by atoms with van der Waals surface area (Å²) in [6.45, 7) is 8.64. The molecule has 3 N–H and O–H groups in total. The van der Waals surface area contributed by atoms with Gasteiger partial charge >= 0.3 is 0 Å². The highest BCUT2D eigenvalue weighted by Gasteiger charge is 2.23. The van der Waals surface area contributed by atoms with Gasteiger partial charge in [-0.3, -0.25) is 4.72 Å². The molecule has 2 aromatic carbocycles. The van der Waals surface area contributed by atoms with Crippen LogP contribution in [0, 0.1) is 12.4 Å². The van der Waals surface area contributed by atoms with Crippen molar-refractivity contribution in [3.05, 3.63) is 64.2 Å². The van der Waals surface area contributed by atoms with Crippen LogP contribution in [0.3, 0.4) is 0 Å². The van der Waals surface area contributed by atoms with E-state index in [1.54, 1.807) is 23.6 Å². The van der Waals surface area contributed by atoms with Gasteiger partial charge in [0, 0.05) is 43.5 Å². The van der Waals surface area contributed by atoms with Gasteiger partial charge < -0.3 is 15.5 Å². The number of thiazole rings is 1. The second-order valence-corrected chi connectivity index (χ2v) is 9.62. The van der Waals surface area contributed by atoms with Crippen molar-refractivity contribution in [1.82, 2.24) is 10.3 Å². The molecular weight excluding hydrogens is 475 g/mol. The molecule has 8 nitrogen and oxygen atoms in total. The molecule has 168 valence electrons. The van der Waals surface area contributed by atoms with Gasteiger partial charge in [-0.05, 0) is 25.2 Å². The van der Waals surface area contributed by atoms with Crippen LogP contribution in [0.15, 0.2) is 46.8 Å². The van der Waals surface area contributed by atoms with Gasteiger partial charge in [0.1, 0.15) is 10.7 Å². The number of halogens is 2. The van der Waals surface area contributed by atoms with Crippen LogP contribution in [-0.2, 0) is 10.0 Å². The van der Waals surface area contributed by atoms with E-state index >= 15 is 0 Å². The fraction of sp³-hybridized carbons (Fsp3) is 0.200. The lowest BCUT2D eigenvalue weighted by atomic mass is 10.2. The van der Waals surface area contributed by atoms with E-state index in [9.17, 15) is 12.8 Å². The standard InChI is InChI=1S/C20H20ClFN6O2S2/c1-23-6-8-28(3)18-10-13(24-2)4-5-16(18)26-17-12-15(22)19(11-14(17)21)32(29,30)27-20-25-7-9-31-20/h4-5,7,9-12,23,26H,6,8H2,1,3H3,(H,25,27). The maximum Gasteiger partial charge on any atom is 0.266 e. The second-order valence-electron chi connectivity index (χ2n) is 6.67. The van der Waals surface area contributed by atoms with E-state index in [4.69, 9.17) is 18.2 Å². The lowest BCUT2D eigenvalue weighted by Gasteiger charge is -2.24. The number of hydrogen-bond acceptors (Lipinski definition) is 7. The Morgan fingerprint density at radius 2 is 2.06 bits per heavy atom. The number of aromatic nitrogens is 1. The fourth-order valence-electron chi connectivity index (χ4n) is 2.83. The zero-order valence-corrected chi connectivity index (χ0v) is 19.6. The van der Waals surface area contributed by atoms with Gasteiger partial charge in [0.25, 0.3) is 10.0 Å². The molecule has 1 aromatic heterocycles. The first-order valence-electron chi connectivity index (χ1n) is 9.31. The van der Waals surface area contributed by atoms with E-state index in [1.807, 2.05) is 19.0 Å². The van der Waals surface area contributed by atoms with Gasteiger partial charge in [-0.2, -0.15) is 0 Å². The van der Waals surface area contributed by atoms with Crippen molar-refractivity contribution in [3.63, 3.8) is 0 Å². The molecule has 0 saturated carbocycles. The molecule has 1 heterocycles. The predicted octanol–water partition coefficient (Wildman–Crippen LogP) is 4.69. The van der Waals surface area contributed by atoms with Crippen molar-refractivity contribution in [1.29, 1.82) is 0 Å². The maximum absolute atomic E-state index is 14.8. The number of rotatable bonds is 9. The molecule has 0 aliphatic heterocycles. The number of likely N-dealkylation sites (N-methyl/N-ethyl adjacent to an activating group) is 2. The highest BCUT2D eigenvalue weighted by atomic mass is 35.5. The Hall–Kier alpha value is -2.91. The normalized spacial score (nSPS) is 11.1. The molecule has 0 spiro atoms. The number of hydrogen-bond donors (Lipinski definition) is 3. The van der Waals surface area contributed by atoms with E-state index in [0.717, 1.165) is 23.5 Å². The first-order valence-corrected chi connectivity index (χ1v) is 12.0. The minimum absolute atomic E-state index is 0.0176. The third-order valence-corrected chi connectivity index (χ3v) is 6.94. The Morgan fingerprint density at radius 1 is 1.28 bits per heavy atom. The summed E-state index contributed by atoms with van der Waals surface area (Å²) in [5.41, 5.74) is 1.95. The van der Waals surface area contributed by atoms with Crippen LogP contribution in [0.1, 0.15) is 0 Å². The van der Waals surface area contributed by atoms with Gasteiger partial charge in [0.2, 0.25) is 0 Å². The molecule has 3 aromatic rings. The zero-order chi connectivity index (χ0) is 23.3. The average Bonchev–Trinajstić information content (AvgIpc) is 3.26. The number of benzene rings is 2. The molecule has 0 aliphatic carbocycles. The number of nitrogens with one attached hydrogen (secondary N) is 3. The van der Waals surface area contributed by atoms with Crippen LogP contribution < -0.4 is 20.3 Å². The summed E-state index contributed by atoms with van der Waals surface area (Å²) in [6.07, 6.45) is 1.43. The molecule has 32 heavy (non-hydrogen) atoms. The van der Waals surface area contributed by atoms with Crippen LogP contribution in [0.5, 0.6) is 0 Å². The number of sulfonamides is 1. The highest BCUT2D eigenvalue weighted by Crippen LogP contribution is 2.36. The van der Waals surface area contributed by atoms with E-state index in [2.05, 4.69) is 25.2 Å². The summed E-state index contributed by atoms with van der Waals surface area (Å²) < 4.78 is 42.1. The van der Waals surface area contributed by atoms with Crippen LogP contribution in [0.2, 0.25) is 5.02 Å². The molecule has 0 radical (unpaired) electrons. The van der Waals surface area contributed by atoms with Gasteiger partial charge in [0.15, 0.2) is 10.8 Å². The van der Waals surface area contributed by atoms with Crippen LogP contribution in [0.4, 0.5) is 32.3 Å². The van der Waals surface area contributed by atoms with Crippen molar-refractivity contribution in [2.45, 2.75) is 4.90 Å². The number of anilines is 4. The minimum atomic E-state index is -4.20. The summed E-state index contributed by atoms with van der Waals surface area (Å²) >= 11 is 7.38. The molecule has 12 heteroatoms.